The molecule has 114 valence electrons. The van der Waals surface area contributed by atoms with Crippen molar-refractivity contribution < 1.29 is 9.84 Å². The van der Waals surface area contributed by atoms with Crippen LogP contribution in [-0.4, -0.2) is 34.6 Å². The van der Waals surface area contributed by atoms with E-state index in [-0.39, 0.29) is 0 Å². The van der Waals surface area contributed by atoms with Crippen molar-refractivity contribution in [2.75, 3.05) is 13.7 Å². The topological polar surface area (TPSA) is 59.3 Å². The van der Waals surface area contributed by atoms with Gasteiger partial charge in [0.25, 0.3) is 0 Å². The van der Waals surface area contributed by atoms with Crippen molar-refractivity contribution in [3.05, 3.63) is 11.3 Å². The first-order valence-corrected chi connectivity index (χ1v) is 7.62. The van der Waals surface area contributed by atoms with Gasteiger partial charge in [-0.15, -0.1) is 0 Å². The van der Waals surface area contributed by atoms with Gasteiger partial charge >= 0.3 is 0 Å². The quantitative estimate of drug-likeness (QED) is 0.832. The van der Waals surface area contributed by atoms with Crippen LogP contribution in [0.15, 0.2) is 0 Å². The van der Waals surface area contributed by atoms with Crippen LogP contribution in [0.5, 0.6) is 5.88 Å². The van der Waals surface area contributed by atoms with E-state index in [1.807, 2.05) is 11.7 Å². The smallest absolute Gasteiger partial charge is 0.216 e. The summed E-state index contributed by atoms with van der Waals surface area (Å²) in [6.07, 6.45) is 5.47. The van der Waals surface area contributed by atoms with Gasteiger partial charge in [0.2, 0.25) is 5.88 Å². The van der Waals surface area contributed by atoms with E-state index < -0.39 is 0 Å². The minimum Gasteiger partial charge on any atom is -0.481 e. The highest BCUT2D eigenvalue weighted by Crippen LogP contribution is 2.26. The van der Waals surface area contributed by atoms with Gasteiger partial charge in [0.05, 0.1) is 18.4 Å². The maximum Gasteiger partial charge on any atom is 0.216 e. The Hall–Kier alpha value is -1.07. The lowest BCUT2D eigenvalue weighted by molar-refractivity contribution is 0.175. The summed E-state index contributed by atoms with van der Waals surface area (Å²) in [5.41, 5.74) is 2.29. The number of ether oxygens (including phenoxy) is 1. The van der Waals surface area contributed by atoms with Crippen molar-refractivity contribution >= 4 is 0 Å². The molecule has 1 aromatic rings. The Morgan fingerprint density at radius 3 is 2.60 bits per heavy atom. The van der Waals surface area contributed by atoms with E-state index >= 15 is 0 Å². The molecule has 1 aromatic heterocycles. The third-order valence-corrected chi connectivity index (χ3v) is 4.37. The van der Waals surface area contributed by atoms with Crippen LogP contribution in [0, 0.1) is 5.92 Å². The van der Waals surface area contributed by atoms with E-state index in [1.54, 1.807) is 7.11 Å². The first-order valence-electron chi connectivity index (χ1n) is 7.62. The van der Waals surface area contributed by atoms with Crippen LogP contribution in [0.25, 0.3) is 0 Å². The second kappa shape index (κ2) is 7.09. The Balaban J connectivity index is 1.94. The average molecular weight is 281 g/mol. The van der Waals surface area contributed by atoms with Crippen LogP contribution >= 0.6 is 0 Å². The number of aliphatic hydroxyl groups excluding tert-OH is 1. The van der Waals surface area contributed by atoms with E-state index in [0.29, 0.717) is 18.6 Å². The largest absolute Gasteiger partial charge is 0.481 e. The first kappa shape index (κ1) is 15.3. The normalized spacial score (nSPS) is 23.0. The molecule has 20 heavy (non-hydrogen) atoms. The minimum absolute atomic E-state index is 0.336. The number of aryl methyl sites for hydroxylation is 2. The van der Waals surface area contributed by atoms with E-state index in [1.165, 1.54) is 5.56 Å². The molecular weight excluding hydrogens is 254 g/mol. The molecule has 1 fully saturated rings. The van der Waals surface area contributed by atoms with Gasteiger partial charge in [-0.1, -0.05) is 6.92 Å². The summed E-state index contributed by atoms with van der Waals surface area (Å²) in [5, 5.41) is 17.3. The predicted octanol–water partition coefficient (Wildman–Crippen LogP) is 1.63. The SMILES string of the molecule is CCc1nn(C)c(OC)c1CNC1CCC(CO)CC1. The van der Waals surface area contributed by atoms with Gasteiger partial charge in [-0.2, -0.15) is 5.10 Å². The van der Waals surface area contributed by atoms with Crippen LogP contribution in [0.3, 0.4) is 0 Å². The zero-order valence-electron chi connectivity index (χ0n) is 12.9. The highest BCUT2D eigenvalue weighted by atomic mass is 16.5. The fourth-order valence-electron chi connectivity index (χ4n) is 3.12. The molecule has 0 aromatic carbocycles. The fraction of sp³-hybridized carbons (Fsp3) is 0.800. The van der Waals surface area contributed by atoms with Gasteiger partial charge in [-0.3, -0.25) is 0 Å². The summed E-state index contributed by atoms with van der Waals surface area (Å²) in [6, 6.07) is 0.549. The molecule has 1 aliphatic rings. The number of aliphatic hydroxyl groups is 1. The van der Waals surface area contributed by atoms with E-state index in [9.17, 15) is 5.11 Å². The monoisotopic (exact) mass is 281 g/mol. The number of hydrogen-bond donors (Lipinski definition) is 2. The molecule has 0 amide bonds. The lowest BCUT2D eigenvalue weighted by atomic mass is 9.86. The van der Waals surface area contributed by atoms with Crippen molar-refractivity contribution in [2.24, 2.45) is 13.0 Å². The summed E-state index contributed by atoms with van der Waals surface area (Å²) in [5.74, 6) is 1.37. The maximum absolute atomic E-state index is 9.18. The Bertz CT molecular complexity index is 423. The standard InChI is InChI=1S/C15H27N3O2/c1-4-14-13(15(20-3)18(2)17-14)9-16-12-7-5-11(10-19)6-8-12/h11-12,16,19H,4-10H2,1-3H3. The van der Waals surface area contributed by atoms with Crippen molar-refractivity contribution in [1.29, 1.82) is 0 Å². The van der Waals surface area contributed by atoms with E-state index in [0.717, 1.165) is 50.2 Å². The fourth-order valence-corrected chi connectivity index (χ4v) is 3.12. The molecule has 1 heterocycles. The number of nitrogens with one attached hydrogen (secondary N) is 1. The van der Waals surface area contributed by atoms with Gasteiger partial charge in [0.15, 0.2) is 0 Å². The Kier molecular flexibility index (Phi) is 5.43. The van der Waals surface area contributed by atoms with Gasteiger partial charge in [-0.25, -0.2) is 4.68 Å². The molecule has 0 atom stereocenters. The number of hydrogen-bond acceptors (Lipinski definition) is 4. The molecule has 0 aliphatic heterocycles. The van der Waals surface area contributed by atoms with E-state index in [4.69, 9.17) is 4.74 Å². The van der Waals surface area contributed by atoms with Crippen molar-refractivity contribution in [3.8, 4) is 5.88 Å². The van der Waals surface area contributed by atoms with Crippen LogP contribution in [0.4, 0.5) is 0 Å². The van der Waals surface area contributed by atoms with Crippen LogP contribution in [0.1, 0.15) is 43.9 Å². The molecule has 0 unspecified atom stereocenters. The summed E-state index contributed by atoms with van der Waals surface area (Å²) in [7, 11) is 3.63. The maximum atomic E-state index is 9.18. The lowest BCUT2D eigenvalue weighted by Gasteiger charge is -2.28. The zero-order chi connectivity index (χ0) is 14.5. The van der Waals surface area contributed by atoms with Crippen molar-refractivity contribution in [2.45, 2.75) is 51.6 Å². The Labute approximate surface area is 121 Å². The van der Waals surface area contributed by atoms with E-state index in [2.05, 4.69) is 17.3 Å². The molecular formula is C15H27N3O2. The number of nitrogens with zero attached hydrogens (tertiary/aromatic N) is 2. The third kappa shape index (κ3) is 3.33. The van der Waals surface area contributed by atoms with Crippen LogP contribution in [0.2, 0.25) is 0 Å². The molecule has 2 rings (SSSR count). The highest BCUT2D eigenvalue weighted by molar-refractivity contribution is 5.31. The Morgan fingerprint density at radius 2 is 2.05 bits per heavy atom. The number of rotatable bonds is 6. The molecule has 5 nitrogen and oxygen atoms in total. The number of methoxy groups -OCH3 is 1. The summed E-state index contributed by atoms with van der Waals surface area (Å²) in [6.45, 7) is 3.27. The summed E-state index contributed by atoms with van der Waals surface area (Å²) >= 11 is 0. The van der Waals surface area contributed by atoms with Gasteiger partial charge in [0, 0.05) is 26.2 Å². The second-order valence-electron chi connectivity index (χ2n) is 5.69. The highest BCUT2D eigenvalue weighted by Gasteiger charge is 2.22. The number of aromatic nitrogens is 2. The predicted molar refractivity (Wildman–Crippen MR) is 78.8 cm³/mol. The lowest BCUT2D eigenvalue weighted by Crippen LogP contribution is -2.33. The summed E-state index contributed by atoms with van der Waals surface area (Å²) in [4.78, 5) is 0. The van der Waals surface area contributed by atoms with Crippen LogP contribution in [-0.2, 0) is 20.0 Å². The molecule has 5 heteroatoms. The molecule has 0 radical (unpaired) electrons. The zero-order valence-corrected chi connectivity index (χ0v) is 12.9. The minimum atomic E-state index is 0.336. The van der Waals surface area contributed by atoms with Gasteiger partial charge < -0.3 is 15.2 Å². The molecule has 0 bridgehead atoms. The second-order valence-corrected chi connectivity index (χ2v) is 5.69. The van der Waals surface area contributed by atoms with Gasteiger partial charge in [-0.05, 0) is 38.0 Å². The molecule has 1 saturated carbocycles. The summed E-state index contributed by atoms with van der Waals surface area (Å²) < 4.78 is 7.28. The molecule has 0 spiro atoms. The average Bonchev–Trinajstić information content (AvgIpc) is 2.80. The van der Waals surface area contributed by atoms with Crippen LogP contribution < -0.4 is 10.1 Å². The Morgan fingerprint density at radius 1 is 1.35 bits per heavy atom. The molecule has 0 saturated heterocycles. The van der Waals surface area contributed by atoms with Crippen molar-refractivity contribution in [1.82, 2.24) is 15.1 Å². The van der Waals surface area contributed by atoms with Gasteiger partial charge in [0.1, 0.15) is 0 Å². The molecule has 2 N–H and O–H groups in total. The van der Waals surface area contributed by atoms with Crippen molar-refractivity contribution in [3.63, 3.8) is 0 Å². The molecule has 1 aliphatic carbocycles. The third-order valence-electron chi connectivity index (χ3n) is 4.37. The first-order chi connectivity index (χ1) is 9.69.